The lowest BCUT2D eigenvalue weighted by molar-refractivity contribution is 0.0931. The van der Waals surface area contributed by atoms with E-state index in [0.29, 0.717) is 6.42 Å². The highest BCUT2D eigenvalue weighted by Crippen LogP contribution is 2.19. The number of nitrogens with two attached hydrogens (primary N) is 1. The normalized spacial score (nSPS) is 11.9. The summed E-state index contributed by atoms with van der Waals surface area (Å²) in [6, 6.07) is 12.9. The van der Waals surface area contributed by atoms with Crippen LogP contribution >= 0.6 is 0 Å². The quantitative estimate of drug-likeness (QED) is 0.785. The van der Waals surface area contributed by atoms with Gasteiger partial charge >= 0.3 is 0 Å². The number of nitrogens with one attached hydrogen (secondary N) is 1. The van der Waals surface area contributed by atoms with E-state index >= 15 is 0 Å². The van der Waals surface area contributed by atoms with E-state index < -0.39 is 11.7 Å². The monoisotopic (exact) mass is 288 g/mol. The van der Waals surface area contributed by atoms with E-state index in [0.717, 1.165) is 11.6 Å². The van der Waals surface area contributed by atoms with Gasteiger partial charge < -0.3 is 16.2 Å². The fourth-order valence-corrected chi connectivity index (χ4v) is 2.09. The number of hydrogen-bond acceptors (Lipinski definition) is 3. The van der Waals surface area contributed by atoms with Gasteiger partial charge in [-0.2, -0.15) is 0 Å². The molecule has 0 aliphatic heterocycles. The third kappa shape index (κ3) is 3.79. The van der Waals surface area contributed by atoms with E-state index in [-0.39, 0.29) is 23.9 Å². The van der Waals surface area contributed by atoms with Gasteiger partial charge in [-0.15, -0.1) is 0 Å². The number of aromatic hydroxyl groups is 1. The number of halogens is 1. The largest absolute Gasteiger partial charge is 0.507 e. The molecule has 0 heterocycles. The average Bonchev–Trinajstić information content (AvgIpc) is 2.47. The summed E-state index contributed by atoms with van der Waals surface area (Å²) >= 11 is 0. The lowest BCUT2D eigenvalue weighted by Gasteiger charge is -2.17. The molecule has 2 aromatic carbocycles. The van der Waals surface area contributed by atoms with Crippen molar-refractivity contribution in [2.24, 2.45) is 5.73 Å². The Morgan fingerprint density at radius 3 is 2.52 bits per heavy atom. The van der Waals surface area contributed by atoms with Crippen LogP contribution in [0.5, 0.6) is 5.75 Å². The lowest BCUT2D eigenvalue weighted by Crippen LogP contribution is -2.42. The second-order valence-electron chi connectivity index (χ2n) is 4.73. The Hall–Kier alpha value is -2.40. The van der Waals surface area contributed by atoms with Gasteiger partial charge in [-0.1, -0.05) is 36.4 Å². The predicted molar refractivity (Wildman–Crippen MR) is 78.5 cm³/mol. The molecule has 0 saturated carbocycles. The molecule has 0 aliphatic rings. The number of amides is 1. The maximum atomic E-state index is 13.6. The summed E-state index contributed by atoms with van der Waals surface area (Å²) in [5.74, 6) is -1.82. The molecule has 4 nitrogen and oxygen atoms in total. The summed E-state index contributed by atoms with van der Waals surface area (Å²) in [4.78, 5) is 12.1. The third-order valence-corrected chi connectivity index (χ3v) is 3.16. The smallest absolute Gasteiger partial charge is 0.258 e. The van der Waals surface area contributed by atoms with Crippen LogP contribution in [0.4, 0.5) is 4.39 Å². The van der Waals surface area contributed by atoms with Crippen LogP contribution in [0, 0.1) is 5.82 Å². The molecule has 0 radical (unpaired) electrons. The van der Waals surface area contributed by atoms with E-state index in [9.17, 15) is 14.3 Å². The maximum absolute atomic E-state index is 13.6. The van der Waals surface area contributed by atoms with Crippen molar-refractivity contribution in [1.82, 2.24) is 5.32 Å². The Morgan fingerprint density at radius 2 is 1.90 bits per heavy atom. The standard InChI is InChI=1S/C16H17FN2O2/c17-13-7-4-8-14(20)15(13)16(21)19-12(10-18)9-11-5-2-1-3-6-11/h1-8,12,20H,9-10,18H2,(H,19,21). The van der Waals surface area contributed by atoms with Gasteiger partial charge in [0.05, 0.1) is 0 Å². The Balaban J connectivity index is 2.10. The SMILES string of the molecule is NCC(Cc1ccccc1)NC(=O)c1c(O)cccc1F. The van der Waals surface area contributed by atoms with E-state index in [4.69, 9.17) is 5.73 Å². The van der Waals surface area contributed by atoms with E-state index in [1.54, 1.807) is 0 Å². The van der Waals surface area contributed by atoms with Gasteiger partial charge in [-0.25, -0.2) is 4.39 Å². The van der Waals surface area contributed by atoms with Gasteiger partial charge in [-0.05, 0) is 24.1 Å². The summed E-state index contributed by atoms with van der Waals surface area (Å²) in [5, 5.41) is 12.3. The molecule has 0 bridgehead atoms. The summed E-state index contributed by atoms with van der Waals surface area (Å²) in [7, 11) is 0. The molecule has 1 amide bonds. The zero-order chi connectivity index (χ0) is 15.2. The van der Waals surface area contributed by atoms with Crippen LogP contribution in [-0.4, -0.2) is 23.6 Å². The zero-order valence-corrected chi connectivity index (χ0v) is 11.4. The Kier molecular flexibility index (Phi) is 4.90. The van der Waals surface area contributed by atoms with E-state index in [2.05, 4.69) is 5.32 Å². The molecule has 2 aromatic rings. The fraction of sp³-hybridized carbons (Fsp3) is 0.188. The van der Waals surface area contributed by atoms with Crippen molar-refractivity contribution in [1.29, 1.82) is 0 Å². The molecule has 1 unspecified atom stereocenters. The minimum atomic E-state index is -0.761. The number of hydrogen-bond donors (Lipinski definition) is 3. The molecule has 0 aliphatic carbocycles. The van der Waals surface area contributed by atoms with E-state index in [1.165, 1.54) is 12.1 Å². The number of phenols is 1. The van der Waals surface area contributed by atoms with Crippen molar-refractivity contribution in [2.45, 2.75) is 12.5 Å². The highest BCUT2D eigenvalue weighted by molar-refractivity contribution is 5.97. The average molecular weight is 288 g/mol. The maximum Gasteiger partial charge on any atom is 0.258 e. The van der Waals surface area contributed by atoms with Crippen LogP contribution in [0.1, 0.15) is 15.9 Å². The number of carbonyl (C=O) groups excluding carboxylic acids is 1. The fourth-order valence-electron chi connectivity index (χ4n) is 2.09. The molecule has 4 N–H and O–H groups in total. The molecule has 0 fully saturated rings. The molecule has 110 valence electrons. The van der Waals surface area contributed by atoms with Gasteiger partial charge in [0, 0.05) is 12.6 Å². The first kappa shape index (κ1) is 15.0. The Bertz CT molecular complexity index is 597. The second kappa shape index (κ2) is 6.85. The topological polar surface area (TPSA) is 75.3 Å². The first-order chi connectivity index (χ1) is 10.1. The van der Waals surface area contributed by atoms with Gasteiger partial charge in [0.25, 0.3) is 5.91 Å². The Morgan fingerprint density at radius 1 is 1.19 bits per heavy atom. The molecule has 1 atom stereocenters. The lowest BCUT2D eigenvalue weighted by atomic mass is 10.1. The van der Waals surface area contributed by atoms with Gasteiger partial charge in [-0.3, -0.25) is 4.79 Å². The number of carbonyl (C=O) groups is 1. The van der Waals surface area contributed by atoms with Crippen LogP contribution in [0.25, 0.3) is 0 Å². The summed E-state index contributed by atoms with van der Waals surface area (Å²) in [5.41, 5.74) is 6.31. The van der Waals surface area contributed by atoms with Crippen molar-refractivity contribution in [3.63, 3.8) is 0 Å². The Labute approximate surface area is 122 Å². The second-order valence-corrected chi connectivity index (χ2v) is 4.73. The van der Waals surface area contributed by atoms with Crippen LogP contribution in [-0.2, 0) is 6.42 Å². The first-order valence-corrected chi connectivity index (χ1v) is 6.64. The van der Waals surface area contributed by atoms with Crippen molar-refractivity contribution in [2.75, 3.05) is 6.54 Å². The van der Waals surface area contributed by atoms with Crippen LogP contribution in [0.2, 0.25) is 0 Å². The van der Waals surface area contributed by atoms with E-state index in [1.807, 2.05) is 30.3 Å². The molecule has 0 spiro atoms. The molecule has 5 heteroatoms. The number of rotatable bonds is 5. The minimum absolute atomic E-state index is 0.218. The van der Waals surface area contributed by atoms with Crippen LogP contribution in [0.3, 0.4) is 0 Å². The number of phenolic OH excluding ortho intramolecular Hbond substituents is 1. The molecule has 0 aromatic heterocycles. The van der Waals surface area contributed by atoms with Crippen molar-refractivity contribution in [3.05, 3.63) is 65.5 Å². The molecule has 2 rings (SSSR count). The van der Waals surface area contributed by atoms with Gasteiger partial charge in [0.2, 0.25) is 0 Å². The summed E-state index contributed by atoms with van der Waals surface area (Å²) in [6.07, 6.45) is 0.540. The molecule has 0 saturated heterocycles. The highest BCUT2D eigenvalue weighted by Gasteiger charge is 2.19. The molecular weight excluding hydrogens is 271 g/mol. The van der Waals surface area contributed by atoms with Gasteiger partial charge in [0.15, 0.2) is 0 Å². The molecule has 21 heavy (non-hydrogen) atoms. The highest BCUT2D eigenvalue weighted by atomic mass is 19.1. The summed E-state index contributed by atoms with van der Waals surface area (Å²) in [6.45, 7) is 0.218. The minimum Gasteiger partial charge on any atom is -0.507 e. The third-order valence-electron chi connectivity index (χ3n) is 3.16. The zero-order valence-electron chi connectivity index (χ0n) is 11.4. The van der Waals surface area contributed by atoms with Crippen molar-refractivity contribution in [3.8, 4) is 5.75 Å². The first-order valence-electron chi connectivity index (χ1n) is 6.64. The number of benzene rings is 2. The predicted octanol–water partition coefficient (Wildman–Crippen LogP) is 1.83. The van der Waals surface area contributed by atoms with Crippen molar-refractivity contribution >= 4 is 5.91 Å². The van der Waals surface area contributed by atoms with Gasteiger partial charge in [0.1, 0.15) is 17.1 Å². The van der Waals surface area contributed by atoms with Crippen LogP contribution in [0.15, 0.2) is 48.5 Å². The van der Waals surface area contributed by atoms with Crippen molar-refractivity contribution < 1.29 is 14.3 Å². The summed E-state index contributed by atoms with van der Waals surface area (Å²) < 4.78 is 13.6. The molecular formula is C16H17FN2O2. The van der Waals surface area contributed by atoms with Crippen LogP contribution < -0.4 is 11.1 Å².